The van der Waals surface area contributed by atoms with E-state index in [4.69, 9.17) is 0 Å². The van der Waals surface area contributed by atoms with Gasteiger partial charge in [-0.05, 0) is 49.9 Å². The minimum absolute atomic E-state index is 0.0671. The molecule has 0 saturated carbocycles. The number of nitrogens with one attached hydrogen (secondary N) is 1. The van der Waals surface area contributed by atoms with Crippen LogP contribution < -0.4 is 10.9 Å². The summed E-state index contributed by atoms with van der Waals surface area (Å²) in [6, 6.07) is 4.59. The van der Waals surface area contributed by atoms with Crippen LogP contribution in [0.15, 0.2) is 23.0 Å². The first-order valence-electron chi connectivity index (χ1n) is 11.6. The second kappa shape index (κ2) is 8.12. The number of amides is 1. The Bertz CT molecular complexity index is 1520. The van der Waals surface area contributed by atoms with Crippen LogP contribution in [0.1, 0.15) is 52.6 Å². The molecule has 4 aromatic rings. The van der Waals surface area contributed by atoms with Gasteiger partial charge in [0.05, 0.1) is 16.0 Å². The number of thiophene rings is 1. The minimum Gasteiger partial charge on any atom is -0.319 e. The van der Waals surface area contributed by atoms with Gasteiger partial charge < -0.3 is 9.88 Å². The SMILES string of the molecule is Cc1c(C(=O)Nc2cc(-c3nnc4n3CCCCC4)ccc2F)sc2nc3n(c(=O)c12)CCC3. The van der Waals surface area contributed by atoms with E-state index in [9.17, 15) is 14.0 Å². The molecule has 2 aliphatic heterocycles. The van der Waals surface area contributed by atoms with Gasteiger partial charge in [0, 0.05) is 31.5 Å². The van der Waals surface area contributed by atoms with E-state index >= 15 is 0 Å². The minimum atomic E-state index is -0.538. The van der Waals surface area contributed by atoms with Crippen LogP contribution in [-0.4, -0.2) is 30.2 Å². The maximum Gasteiger partial charge on any atom is 0.266 e. The van der Waals surface area contributed by atoms with Gasteiger partial charge in [-0.2, -0.15) is 0 Å². The highest BCUT2D eigenvalue weighted by atomic mass is 32.1. The van der Waals surface area contributed by atoms with Crippen LogP contribution in [0.5, 0.6) is 0 Å². The summed E-state index contributed by atoms with van der Waals surface area (Å²) in [4.78, 5) is 31.6. The molecular weight excluding hydrogens is 455 g/mol. The van der Waals surface area contributed by atoms with Gasteiger partial charge >= 0.3 is 0 Å². The van der Waals surface area contributed by atoms with Crippen molar-refractivity contribution in [2.24, 2.45) is 0 Å². The van der Waals surface area contributed by atoms with Gasteiger partial charge in [0.2, 0.25) is 0 Å². The molecule has 0 bridgehead atoms. The fourth-order valence-corrected chi connectivity index (χ4v) is 6.02. The summed E-state index contributed by atoms with van der Waals surface area (Å²) < 4.78 is 18.5. The Morgan fingerprint density at radius 2 is 1.88 bits per heavy atom. The monoisotopic (exact) mass is 478 g/mol. The fraction of sp³-hybridized carbons (Fsp3) is 0.375. The third-order valence-corrected chi connectivity index (χ3v) is 7.88. The van der Waals surface area contributed by atoms with Gasteiger partial charge in [-0.25, -0.2) is 9.37 Å². The number of nitrogens with zero attached hydrogens (tertiary/aromatic N) is 5. The molecule has 1 amide bonds. The van der Waals surface area contributed by atoms with Gasteiger partial charge in [-0.1, -0.05) is 6.42 Å². The first-order valence-corrected chi connectivity index (χ1v) is 12.4. The molecule has 5 heterocycles. The van der Waals surface area contributed by atoms with Crippen molar-refractivity contribution in [1.29, 1.82) is 0 Å². The van der Waals surface area contributed by atoms with Crippen LogP contribution in [-0.2, 0) is 25.9 Å². The van der Waals surface area contributed by atoms with Crippen LogP contribution in [0.2, 0.25) is 0 Å². The average molecular weight is 479 g/mol. The van der Waals surface area contributed by atoms with E-state index < -0.39 is 11.7 Å². The first-order chi connectivity index (χ1) is 16.5. The lowest BCUT2D eigenvalue weighted by molar-refractivity contribution is 0.102. The predicted molar refractivity (Wildman–Crippen MR) is 128 cm³/mol. The van der Waals surface area contributed by atoms with Crippen molar-refractivity contribution in [3.8, 4) is 11.4 Å². The van der Waals surface area contributed by atoms with Crippen LogP contribution in [0.3, 0.4) is 0 Å². The molecule has 0 saturated heterocycles. The zero-order valence-corrected chi connectivity index (χ0v) is 19.5. The number of benzene rings is 1. The number of rotatable bonds is 3. The summed E-state index contributed by atoms with van der Waals surface area (Å²) in [6.45, 7) is 3.22. The number of carbonyl (C=O) groups is 1. The number of hydrogen-bond acceptors (Lipinski definition) is 6. The number of anilines is 1. The standard InChI is InChI=1S/C24H23FN6O2S/c1-13-19-23(27-17-7-5-11-31(17)24(19)33)34-20(13)22(32)26-16-12-14(8-9-15(16)25)21-29-28-18-6-3-2-4-10-30(18)21/h8-9,12H,2-7,10-11H2,1H3,(H,26,32). The van der Waals surface area contributed by atoms with E-state index in [-0.39, 0.29) is 11.2 Å². The molecule has 2 aliphatic rings. The maximum absolute atomic E-state index is 14.7. The van der Waals surface area contributed by atoms with Crippen molar-refractivity contribution in [2.45, 2.75) is 58.5 Å². The Kier molecular flexibility index (Phi) is 5.05. The summed E-state index contributed by atoms with van der Waals surface area (Å²) in [7, 11) is 0. The second-order valence-electron chi connectivity index (χ2n) is 8.88. The Balaban J connectivity index is 1.35. The highest BCUT2D eigenvalue weighted by Crippen LogP contribution is 2.31. The Morgan fingerprint density at radius 3 is 2.76 bits per heavy atom. The highest BCUT2D eigenvalue weighted by Gasteiger charge is 2.24. The average Bonchev–Trinajstić information content (AvgIpc) is 3.49. The van der Waals surface area contributed by atoms with E-state index in [0.717, 1.165) is 56.7 Å². The third kappa shape index (κ3) is 3.35. The molecule has 174 valence electrons. The van der Waals surface area contributed by atoms with Crippen molar-refractivity contribution < 1.29 is 9.18 Å². The van der Waals surface area contributed by atoms with Crippen molar-refractivity contribution in [3.05, 3.63) is 56.5 Å². The zero-order valence-electron chi connectivity index (χ0n) is 18.7. The normalized spacial score (nSPS) is 15.2. The first kappa shape index (κ1) is 21.2. The molecule has 1 N–H and O–H groups in total. The smallest absolute Gasteiger partial charge is 0.266 e. The Morgan fingerprint density at radius 1 is 1.06 bits per heavy atom. The second-order valence-corrected chi connectivity index (χ2v) is 9.87. The van der Waals surface area contributed by atoms with E-state index in [1.165, 1.54) is 17.4 Å². The van der Waals surface area contributed by atoms with Crippen LogP contribution in [0.4, 0.5) is 10.1 Å². The van der Waals surface area contributed by atoms with Crippen LogP contribution in [0.25, 0.3) is 21.6 Å². The molecule has 10 heteroatoms. The van der Waals surface area contributed by atoms with Gasteiger partial charge in [-0.15, -0.1) is 21.5 Å². The molecule has 0 atom stereocenters. The van der Waals surface area contributed by atoms with Crippen molar-refractivity contribution in [1.82, 2.24) is 24.3 Å². The molecule has 0 radical (unpaired) electrons. The quantitative estimate of drug-likeness (QED) is 0.479. The van der Waals surface area contributed by atoms with E-state index in [0.29, 0.717) is 38.6 Å². The molecular formula is C24H23FN6O2S. The largest absolute Gasteiger partial charge is 0.319 e. The van der Waals surface area contributed by atoms with Crippen molar-refractivity contribution in [3.63, 3.8) is 0 Å². The number of aryl methyl sites for hydroxylation is 3. The van der Waals surface area contributed by atoms with Crippen molar-refractivity contribution in [2.75, 3.05) is 5.32 Å². The van der Waals surface area contributed by atoms with E-state index in [2.05, 4.69) is 25.1 Å². The number of hydrogen-bond donors (Lipinski definition) is 1. The lowest BCUT2D eigenvalue weighted by Gasteiger charge is -2.10. The van der Waals surface area contributed by atoms with Gasteiger partial charge in [0.25, 0.3) is 11.5 Å². The summed E-state index contributed by atoms with van der Waals surface area (Å²) in [6.07, 6.45) is 5.80. The van der Waals surface area contributed by atoms with Crippen molar-refractivity contribution >= 4 is 33.1 Å². The molecule has 0 aliphatic carbocycles. The van der Waals surface area contributed by atoms with Gasteiger partial charge in [-0.3, -0.25) is 14.2 Å². The predicted octanol–water partition coefficient (Wildman–Crippen LogP) is 4.09. The van der Waals surface area contributed by atoms with Gasteiger partial charge in [0.1, 0.15) is 22.3 Å². The summed E-state index contributed by atoms with van der Waals surface area (Å²) in [5.41, 5.74) is 1.24. The number of aromatic nitrogens is 5. The number of halogens is 1. The van der Waals surface area contributed by atoms with E-state index in [1.54, 1.807) is 23.6 Å². The molecule has 34 heavy (non-hydrogen) atoms. The molecule has 8 nitrogen and oxygen atoms in total. The Labute approximate surface area is 198 Å². The van der Waals surface area contributed by atoms with Crippen LogP contribution in [0, 0.1) is 12.7 Å². The maximum atomic E-state index is 14.7. The molecule has 3 aromatic heterocycles. The molecule has 0 fully saturated rings. The highest BCUT2D eigenvalue weighted by molar-refractivity contribution is 7.20. The molecule has 0 spiro atoms. The topological polar surface area (TPSA) is 94.7 Å². The fourth-order valence-electron chi connectivity index (χ4n) is 4.93. The lowest BCUT2D eigenvalue weighted by Crippen LogP contribution is -2.20. The van der Waals surface area contributed by atoms with Crippen LogP contribution >= 0.6 is 11.3 Å². The summed E-state index contributed by atoms with van der Waals surface area (Å²) in [5.74, 6) is 1.38. The molecule has 0 unspecified atom stereocenters. The Hall–Kier alpha value is -3.40. The lowest BCUT2D eigenvalue weighted by atomic mass is 10.1. The van der Waals surface area contributed by atoms with Gasteiger partial charge in [0.15, 0.2) is 5.82 Å². The molecule has 1 aromatic carbocycles. The third-order valence-electron chi connectivity index (χ3n) is 6.70. The summed E-state index contributed by atoms with van der Waals surface area (Å²) in [5, 5.41) is 11.8. The zero-order chi connectivity index (χ0) is 23.4. The number of carbonyl (C=O) groups excluding carboxylic acids is 1. The van der Waals surface area contributed by atoms with E-state index in [1.807, 2.05) is 0 Å². The number of fused-ring (bicyclic) bond motifs is 3. The summed E-state index contributed by atoms with van der Waals surface area (Å²) >= 11 is 1.17. The molecule has 6 rings (SSSR count).